The molecule has 0 saturated carbocycles. The third-order valence-electron chi connectivity index (χ3n) is 5.67. The van der Waals surface area contributed by atoms with Crippen LogP contribution in [0, 0.1) is 24.2 Å². The number of hydrogen-bond donors (Lipinski definition) is 1. The van der Waals surface area contributed by atoms with E-state index in [1.54, 1.807) is 28.6 Å². The molecule has 1 aliphatic heterocycles. The molecule has 7 nitrogen and oxygen atoms in total. The van der Waals surface area contributed by atoms with Gasteiger partial charge in [0.15, 0.2) is 0 Å². The van der Waals surface area contributed by atoms with Crippen LogP contribution in [0.4, 0.5) is 5.88 Å². The summed E-state index contributed by atoms with van der Waals surface area (Å²) < 4.78 is 33.3. The molecule has 8 heteroatoms. The van der Waals surface area contributed by atoms with Gasteiger partial charge in [0.05, 0.1) is 4.90 Å². The summed E-state index contributed by atoms with van der Waals surface area (Å²) >= 11 is 0. The van der Waals surface area contributed by atoms with E-state index < -0.39 is 10.0 Å². The highest BCUT2D eigenvalue weighted by atomic mass is 32.2. The third-order valence-corrected chi connectivity index (χ3v) is 7.54. The van der Waals surface area contributed by atoms with Crippen molar-refractivity contribution in [2.45, 2.75) is 38.1 Å². The van der Waals surface area contributed by atoms with Gasteiger partial charge in [-0.2, -0.15) is 14.6 Å². The zero-order valence-electron chi connectivity index (χ0n) is 18.2. The van der Waals surface area contributed by atoms with E-state index in [0.29, 0.717) is 37.0 Å². The van der Waals surface area contributed by atoms with E-state index in [0.717, 1.165) is 18.4 Å². The largest absolute Gasteiger partial charge is 0.419 e. The highest BCUT2D eigenvalue weighted by Crippen LogP contribution is 2.28. The number of hydrogen-bond acceptors (Lipinski definition) is 6. The van der Waals surface area contributed by atoms with Crippen LogP contribution < -0.4 is 5.32 Å². The number of piperidine rings is 1. The predicted octanol–water partition coefficient (Wildman–Crippen LogP) is 4.55. The van der Waals surface area contributed by atoms with Crippen LogP contribution in [0.2, 0.25) is 0 Å². The second kappa shape index (κ2) is 9.15. The van der Waals surface area contributed by atoms with Gasteiger partial charge in [0, 0.05) is 25.2 Å². The zero-order valence-corrected chi connectivity index (χ0v) is 19.0. The molecule has 1 saturated heterocycles. The van der Waals surface area contributed by atoms with Crippen molar-refractivity contribution in [1.82, 2.24) is 9.29 Å². The summed E-state index contributed by atoms with van der Waals surface area (Å²) in [4.78, 5) is 4.52. The Morgan fingerprint density at radius 3 is 2.56 bits per heavy atom. The zero-order chi connectivity index (χ0) is 22.7. The number of benzene rings is 2. The van der Waals surface area contributed by atoms with Crippen LogP contribution in [0.15, 0.2) is 57.8 Å². The fourth-order valence-corrected chi connectivity index (χ4v) is 5.41. The minimum atomic E-state index is -3.53. The van der Waals surface area contributed by atoms with Crippen LogP contribution in [0.1, 0.15) is 36.6 Å². The maximum absolute atomic E-state index is 13.0. The van der Waals surface area contributed by atoms with Crippen molar-refractivity contribution in [2.24, 2.45) is 5.92 Å². The fraction of sp³-hybridized carbons (Fsp3) is 0.333. The van der Waals surface area contributed by atoms with Gasteiger partial charge in [0.2, 0.25) is 27.5 Å². The lowest BCUT2D eigenvalue weighted by Crippen LogP contribution is -2.39. The smallest absolute Gasteiger partial charge is 0.243 e. The highest BCUT2D eigenvalue weighted by Gasteiger charge is 2.28. The molecule has 2 heterocycles. The molecule has 32 heavy (non-hydrogen) atoms. The van der Waals surface area contributed by atoms with Crippen molar-refractivity contribution in [1.29, 1.82) is 5.26 Å². The number of aryl methyl sites for hydroxylation is 1. The van der Waals surface area contributed by atoms with Crippen molar-refractivity contribution < 1.29 is 12.8 Å². The van der Waals surface area contributed by atoms with Crippen LogP contribution in [0.3, 0.4) is 0 Å². The van der Waals surface area contributed by atoms with Crippen molar-refractivity contribution >= 4 is 15.9 Å². The first-order valence-electron chi connectivity index (χ1n) is 10.7. The molecule has 3 aromatic rings. The molecule has 0 radical (unpaired) electrons. The number of rotatable bonds is 6. The summed E-state index contributed by atoms with van der Waals surface area (Å²) in [6.07, 6.45) is 1.93. The van der Waals surface area contributed by atoms with E-state index in [2.05, 4.69) is 17.2 Å². The quantitative estimate of drug-likeness (QED) is 0.591. The van der Waals surface area contributed by atoms with Crippen LogP contribution in [0.5, 0.6) is 0 Å². The summed E-state index contributed by atoms with van der Waals surface area (Å²) in [6.45, 7) is 5.69. The van der Waals surface area contributed by atoms with Gasteiger partial charge in [0.25, 0.3) is 0 Å². The molecule has 1 aliphatic rings. The first kappa shape index (κ1) is 22.1. The first-order chi connectivity index (χ1) is 15.4. The van der Waals surface area contributed by atoms with E-state index in [1.807, 2.05) is 37.3 Å². The summed E-state index contributed by atoms with van der Waals surface area (Å²) in [5, 5.41) is 12.5. The summed E-state index contributed by atoms with van der Waals surface area (Å²) in [5.74, 6) is 0.922. The Hall–Kier alpha value is -3.15. The Morgan fingerprint density at radius 1 is 1.19 bits per heavy atom. The lowest BCUT2D eigenvalue weighted by Gasteiger charge is -2.30. The Balaban J connectivity index is 1.51. The molecule has 1 atom stereocenters. The van der Waals surface area contributed by atoms with E-state index >= 15 is 0 Å². The summed E-state index contributed by atoms with van der Waals surface area (Å²) in [5.41, 5.74) is 3.00. The maximum atomic E-state index is 13.0. The van der Waals surface area contributed by atoms with E-state index in [9.17, 15) is 13.7 Å². The maximum Gasteiger partial charge on any atom is 0.243 e. The molecule has 1 unspecified atom stereocenters. The van der Waals surface area contributed by atoms with Gasteiger partial charge in [-0.25, -0.2) is 8.42 Å². The third kappa shape index (κ3) is 4.69. The Bertz CT molecular complexity index is 1230. The minimum Gasteiger partial charge on any atom is -0.419 e. The van der Waals surface area contributed by atoms with Gasteiger partial charge in [-0.3, -0.25) is 0 Å². The average Bonchev–Trinajstić information content (AvgIpc) is 3.22. The SMILES string of the molecule is Cc1ccc(CNc2oc(-c3ccc(S(=O)(=O)N4CCCC(C)C4)cc3)nc2C#N)cc1. The van der Waals surface area contributed by atoms with E-state index in [1.165, 1.54) is 5.56 Å². The molecule has 2 aromatic carbocycles. The highest BCUT2D eigenvalue weighted by molar-refractivity contribution is 7.89. The normalized spacial score (nSPS) is 17.1. The standard InChI is InChI=1S/C24H26N4O3S/c1-17-5-7-19(8-6-17)15-26-24-22(14-25)27-23(31-24)20-9-11-21(12-10-20)32(29,30)28-13-3-4-18(2)16-28/h5-12,18,26H,3-4,13,15-16H2,1-2H3. The monoisotopic (exact) mass is 450 g/mol. The summed E-state index contributed by atoms with van der Waals surface area (Å²) in [7, 11) is -3.53. The molecule has 0 spiro atoms. The molecule has 0 bridgehead atoms. The lowest BCUT2D eigenvalue weighted by molar-refractivity contribution is 0.281. The first-order valence-corrected chi connectivity index (χ1v) is 12.1. The second-order valence-corrected chi connectivity index (χ2v) is 10.2. The van der Waals surface area contributed by atoms with Gasteiger partial charge in [-0.1, -0.05) is 36.8 Å². The number of nitrogens with one attached hydrogen (secondary N) is 1. The Morgan fingerprint density at radius 2 is 1.91 bits per heavy atom. The van der Waals surface area contributed by atoms with E-state index in [4.69, 9.17) is 4.42 Å². The molecule has 1 fully saturated rings. The van der Waals surface area contributed by atoms with Crippen LogP contribution >= 0.6 is 0 Å². The average molecular weight is 451 g/mol. The van der Waals surface area contributed by atoms with Gasteiger partial charge < -0.3 is 9.73 Å². The molecule has 1 aromatic heterocycles. The fourth-order valence-electron chi connectivity index (χ4n) is 3.81. The van der Waals surface area contributed by atoms with Crippen LogP contribution in [-0.2, 0) is 16.6 Å². The number of sulfonamides is 1. The van der Waals surface area contributed by atoms with Gasteiger partial charge in [0.1, 0.15) is 6.07 Å². The molecular weight excluding hydrogens is 424 g/mol. The van der Waals surface area contributed by atoms with Crippen molar-refractivity contribution in [3.8, 4) is 17.5 Å². The second-order valence-electron chi connectivity index (χ2n) is 8.28. The molecule has 166 valence electrons. The molecule has 0 aliphatic carbocycles. The van der Waals surface area contributed by atoms with Gasteiger partial charge in [-0.15, -0.1) is 0 Å². The van der Waals surface area contributed by atoms with Gasteiger partial charge >= 0.3 is 0 Å². The number of nitriles is 1. The minimum absolute atomic E-state index is 0.158. The lowest BCUT2D eigenvalue weighted by atomic mass is 10.0. The molecule has 0 amide bonds. The number of aromatic nitrogens is 1. The molecule has 4 rings (SSSR count). The van der Waals surface area contributed by atoms with E-state index in [-0.39, 0.29) is 16.5 Å². The Labute approximate surface area is 188 Å². The number of nitrogens with zero attached hydrogens (tertiary/aromatic N) is 3. The predicted molar refractivity (Wildman–Crippen MR) is 122 cm³/mol. The number of anilines is 1. The molecular formula is C24H26N4O3S. The van der Waals surface area contributed by atoms with Gasteiger partial charge in [-0.05, 0) is 55.5 Å². The molecule has 1 N–H and O–H groups in total. The number of oxazole rings is 1. The topological polar surface area (TPSA) is 99.2 Å². The van der Waals surface area contributed by atoms with Crippen LogP contribution in [0.25, 0.3) is 11.5 Å². The Kier molecular flexibility index (Phi) is 6.31. The van der Waals surface area contributed by atoms with Crippen molar-refractivity contribution in [2.75, 3.05) is 18.4 Å². The summed E-state index contributed by atoms with van der Waals surface area (Å²) in [6, 6.07) is 16.6. The van der Waals surface area contributed by atoms with Crippen molar-refractivity contribution in [3.05, 3.63) is 65.4 Å². The van der Waals surface area contributed by atoms with Crippen LogP contribution in [-0.4, -0.2) is 30.8 Å². The van der Waals surface area contributed by atoms with Crippen molar-refractivity contribution in [3.63, 3.8) is 0 Å².